The van der Waals surface area contributed by atoms with E-state index in [0.29, 0.717) is 13.0 Å². The smallest absolute Gasteiger partial charge is 0.220 e. The molecular formula is C18H22N2O. The maximum atomic E-state index is 11.8. The van der Waals surface area contributed by atoms with Crippen molar-refractivity contribution in [3.8, 4) is 0 Å². The Morgan fingerprint density at radius 2 is 1.81 bits per heavy atom. The number of aryl methyl sites for hydroxylation is 2. The van der Waals surface area contributed by atoms with E-state index in [1.165, 1.54) is 11.1 Å². The van der Waals surface area contributed by atoms with Crippen LogP contribution in [0.1, 0.15) is 30.2 Å². The fourth-order valence-corrected chi connectivity index (χ4v) is 2.16. The van der Waals surface area contributed by atoms with Crippen molar-refractivity contribution in [1.29, 1.82) is 0 Å². The van der Waals surface area contributed by atoms with Gasteiger partial charge in [-0.2, -0.15) is 0 Å². The number of benzene rings is 1. The number of carbonyl (C=O) groups excluding carboxylic acids is 1. The van der Waals surface area contributed by atoms with Crippen LogP contribution >= 0.6 is 0 Å². The van der Waals surface area contributed by atoms with Crippen LogP contribution in [0.2, 0.25) is 0 Å². The minimum Gasteiger partial charge on any atom is -0.356 e. The van der Waals surface area contributed by atoms with Gasteiger partial charge in [0.05, 0.1) is 0 Å². The van der Waals surface area contributed by atoms with Gasteiger partial charge in [0.1, 0.15) is 0 Å². The summed E-state index contributed by atoms with van der Waals surface area (Å²) >= 11 is 0. The van der Waals surface area contributed by atoms with Gasteiger partial charge in [-0.3, -0.25) is 9.78 Å². The maximum Gasteiger partial charge on any atom is 0.220 e. The molecular weight excluding hydrogens is 260 g/mol. The molecule has 0 saturated heterocycles. The second kappa shape index (κ2) is 8.20. The highest BCUT2D eigenvalue weighted by Crippen LogP contribution is 2.07. The topological polar surface area (TPSA) is 42.0 Å². The molecule has 0 aliphatic heterocycles. The molecule has 1 aromatic carbocycles. The molecule has 2 aromatic rings. The predicted molar refractivity (Wildman–Crippen MR) is 85.1 cm³/mol. The van der Waals surface area contributed by atoms with E-state index in [4.69, 9.17) is 0 Å². The number of aromatic nitrogens is 1. The number of nitrogens with one attached hydrogen (secondary N) is 1. The highest BCUT2D eigenvalue weighted by Gasteiger charge is 2.02. The number of carbonyl (C=O) groups is 1. The van der Waals surface area contributed by atoms with E-state index in [-0.39, 0.29) is 5.91 Å². The molecule has 21 heavy (non-hydrogen) atoms. The second-order valence-corrected chi connectivity index (χ2v) is 5.09. The molecule has 0 aliphatic rings. The molecule has 110 valence electrons. The molecule has 0 spiro atoms. The zero-order chi connectivity index (χ0) is 14.9. The van der Waals surface area contributed by atoms with Crippen molar-refractivity contribution < 1.29 is 4.79 Å². The average Bonchev–Trinajstić information content (AvgIpc) is 2.54. The lowest BCUT2D eigenvalue weighted by molar-refractivity contribution is -0.121. The third kappa shape index (κ3) is 5.38. The van der Waals surface area contributed by atoms with Gasteiger partial charge < -0.3 is 5.32 Å². The SMILES string of the molecule is CCc1ccc(CCC(=O)NCCc2ccccn2)cc1. The normalized spacial score (nSPS) is 10.3. The van der Waals surface area contributed by atoms with Crippen LogP contribution in [0.5, 0.6) is 0 Å². The number of hydrogen-bond donors (Lipinski definition) is 1. The summed E-state index contributed by atoms with van der Waals surface area (Å²) in [6.45, 7) is 2.79. The molecule has 0 radical (unpaired) electrons. The molecule has 3 heteroatoms. The van der Waals surface area contributed by atoms with Crippen molar-refractivity contribution in [2.75, 3.05) is 6.54 Å². The van der Waals surface area contributed by atoms with Crippen LogP contribution in [0.3, 0.4) is 0 Å². The van der Waals surface area contributed by atoms with Crippen molar-refractivity contribution in [2.24, 2.45) is 0 Å². The van der Waals surface area contributed by atoms with E-state index in [1.54, 1.807) is 6.20 Å². The lowest BCUT2D eigenvalue weighted by atomic mass is 10.1. The first-order valence-electron chi connectivity index (χ1n) is 7.52. The minimum atomic E-state index is 0.102. The van der Waals surface area contributed by atoms with Crippen LogP contribution in [-0.2, 0) is 24.1 Å². The molecule has 0 bridgehead atoms. The quantitative estimate of drug-likeness (QED) is 0.848. The average molecular weight is 282 g/mol. The first-order chi connectivity index (χ1) is 10.3. The Bertz CT molecular complexity index is 549. The number of rotatable bonds is 7. The molecule has 0 atom stereocenters. The van der Waals surface area contributed by atoms with Crippen molar-refractivity contribution in [3.05, 3.63) is 65.5 Å². The van der Waals surface area contributed by atoms with Gasteiger partial charge >= 0.3 is 0 Å². The van der Waals surface area contributed by atoms with Gasteiger partial charge in [-0.15, -0.1) is 0 Å². The summed E-state index contributed by atoms with van der Waals surface area (Å²) in [5.41, 5.74) is 3.55. The van der Waals surface area contributed by atoms with Gasteiger partial charge in [-0.25, -0.2) is 0 Å². The van der Waals surface area contributed by atoms with Crippen molar-refractivity contribution >= 4 is 5.91 Å². The van der Waals surface area contributed by atoms with Gasteiger partial charge in [0, 0.05) is 31.3 Å². The van der Waals surface area contributed by atoms with Crippen LogP contribution in [0, 0.1) is 0 Å². The minimum absolute atomic E-state index is 0.102. The first-order valence-corrected chi connectivity index (χ1v) is 7.52. The highest BCUT2D eigenvalue weighted by molar-refractivity contribution is 5.76. The predicted octanol–water partition coefficient (Wildman–Crippen LogP) is 2.94. The highest BCUT2D eigenvalue weighted by atomic mass is 16.1. The van der Waals surface area contributed by atoms with E-state index in [0.717, 1.165) is 25.0 Å². The summed E-state index contributed by atoms with van der Waals surface area (Å²) < 4.78 is 0. The fourth-order valence-electron chi connectivity index (χ4n) is 2.16. The van der Waals surface area contributed by atoms with E-state index in [9.17, 15) is 4.79 Å². The van der Waals surface area contributed by atoms with Crippen LogP contribution in [0.25, 0.3) is 0 Å². The Balaban J connectivity index is 1.67. The Morgan fingerprint density at radius 1 is 1.05 bits per heavy atom. The van der Waals surface area contributed by atoms with Gasteiger partial charge in [-0.05, 0) is 36.1 Å². The van der Waals surface area contributed by atoms with Crippen molar-refractivity contribution in [3.63, 3.8) is 0 Å². The summed E-state index contributed by atoms with van der Waals surface area (Å²) in [5.74, 6) is 0.102. The van der Waals surface area contributed by atoms with Crippen LogP contribution in [0.4, 0.5) is 0 Å². The zero-order valence-corrected chi connectivity index (χ0v) is 12.5. The third-order valence-electron chi connectivity index (χ3n) is 3.50. The number of pyridine rings is 1. The van der Waals surface area contributed by atoms with Gasteiger partial charge in [0.15, 0.2) is 0 Å². The summed E-state index contributed by atoms with van der Waals surface area (Å²) in [4.78, 5) is 16.0. The van der Waals surface area contributed by atoms with Crippen LogP contribution in [0.15, 0.2) is 48.7 Å². The van der Waals surface area contributed by atoms with Gasteiger partial charge in [0.2, 0.25) is 5.91 Å². The standard InChI is InChI=1S/C18H22N2O/c1-2-15-6-8-16(9-7-15)10-11-18(21)20-14-12-17-5-3-4-13-19-17/h3-9,13H,2,10-12,14H2,1H3,(H,20,21). The van der Waals surface area contributed by atoms with E-state index in [1.807, 2.05) is 18.2 Å². The number of hydrogen-bond acceptors (Lipinski definition) is 2. The third-order valence-corrected chi connectivity index (χ3v) is 3.50. The molecule has 0 aliphatic carbocycles. The molecule has 0 fully saturated rings. The lowest BCUT2D eigenvalue weighted by Crippen LogP contribution is -2.26. The number of amides is 1. The van der Waals surface area contributed by atoms with Crippen molar-refractivity contribution in [1.82, 2.24) is 10.3 Å². The first kappa shape index (κ1) is 15.2. The van der Waals surface area contributed by atoms with E-state index >= 15 is 0 Å². The lowest BCUT2D eigenvalue weighted by Gasteiger charge is -2.06. The summed E-state index contributed by atoms with van der Waals surface area (Å²) in [6.07, 6.45) is 4.93. The largest absolute Gasteiger partial charge is 0.356 e. The Morgan fingerprint density at radius 3 is 2.48 bits per heavy atom. The molecule has 1 heterocycles. The molecule has 1 aromatic heterocycles. The fraction of sp³-hybridized carbons (Fsp3) is 0.333. The molecule has 3 nitrogen and oxygen atoms in total. The van der Waals surface area contributed by atoms with Gasteiger partial charge in [-0.1, -0.05) is 37.3 Å². The Labute approximate surface area is 126 Å². The van der Waals surface area contributed by atoms with Crippen molar-refractivity contribution in [2.45, 2.75) is 32.6 Å². The van der Waals surface area contributed by atoms with Crippen LogP contribution < -0.4 is 5.32 Å². The molecule has 2 rings (SSSR count). The number of nitrogens with zero attached hydrogens (tertiary/aromatic N) is 1. The monoisotopic (exact) mass is 282 g/mol. The van der Waals surface area contributed by atoms with Crippen LogP contribution in [-0.4, -0.2) is 17.4 Å². The Hall–Kier alpha value is -2.16. The molecule has 1 amide bonds. The molecule has 0 unspecified atom stereocenters. The van der Waals surface area contributed by atoms with Gasteiger partial charge in [0.25, 0.3) is 0 Å². The second-order valence-electron chi connectivity index (χ2n) is 5.09. The maximum absolute atomic E-state index is 11.8. The Kier molecular flexibility index (Phi) is 5.95. The van der Waals surface area contributed by atoms with E-state index < -0.39 is 0 Å². The molecule has 0 saturated carbocycles. The molecule has 1 N–H and O–H groups in total. The summed E-state index contributed by atoms with van der Waals surface area (Å²) in [6, 6.07) is 14.3. The summed E-state index contributed by atoms with van der Waals surface area (Å²) in [5, 5.41) is 2.95. The van der Waals surface area contributed by atoms with E-state index in [2.05, 4.69) is 41.5 Å². The summed E-state index contributed by atoms with van der Waals surface area (Å²) in [7, 11) is 0. The zero-order valence-electron chi connectivity index (χ0n) is 12.5.